The maximum Gasteiger partial charge on any atom is 0.0737 e. The lowest BCUT2D eigenvalue weighted by Gasteiger charge is -2.09. The average Bonchev–Trinajstić information content (AvgIpc) is 4.26. The molecule has 0 saturated heterocycles. The summed E-state index contributed by atoms with van der Waals surface area (Å²) in [4.78, 5) is 37.3. The Labute approximate surface area is 416 Å². The van der Waals surface area contributed by atoms with Crippen molar-refractivity contribution in [1.82, 2.24) is 39.9 Å². The van der Waals surface area contributed by atoms with Crippen LogP contribution in [0.5, 0.6) is 0 Å². The van der Waals surface area contributed by atoms with Gasteiger partial charge in [-0.2, -0.15) is 0 Å². The van der Waals surface area contributed by atoms with E-state index in [1.807, 2.05) is 48.6 Å². The Kier molecular flexibility index (Phi) is 17.2. The van der Waals surface area contributed by atoms with E-state index in [4.69, 9.17) is 28.9 Å². The van der Waals surface area contributed by atoms with Crippen molar-refractivity contribution in [2.24, 2.45) is 0 Å². The Morgan fingerprint density at radius 3 is 0.819 bits per heavy atom. The number of aliphatic hydroxyl groups excluding tert-OH is 4. The number of rotatable bonds is 24. The largest absolute Gasteiger partial charge is 0.394 e. The third-order valence-electron chi connectivity index (χ3n) is 12.1. The fraction of sp³-hybridized carbons (Fsp3) is 0.286. The molecule has 370 valence electrons. The Morgan fingerprint density at radius 2 is 0.583 bits per heavy atom. The number of hydrogen-bond acceptors (Lipinski definition) is 14. The Balaban J connectivity index is 1.33. The predicted molar refractivity (Wildman–Crippen MR) is 278 cm³/mol. The fourth-order valence-electron chi connectivity index (χ4n) is 8.88. The summed E-state index contributed by atoms with van der Waals surface area (Å²) in [5.41, 5.74) is 16.6. The minimum absolute atomic E-state index is 0.0525. The van der Waals surface area contributed by atoms with Crippen molar-refractivity contribution >= 4 is 46.4 Å². The minimum Gasteiger partial charge on any atom is -0.394 e. The lowest BCUT2D eigenvalue weighted by atomic mass is 10.0. The highest BCUT2D eigenvalue weighted by Crippen LogP contribution is 2.39. The molecule has 2 aliphatic rings. The minimum atomic E-state index is -0.0525. The van der Waals surface area contributed by atoms with Crippen LogP contribution in [0.1, 0.15) is 45.6 Å². The third-order valence-corrected chi connectivity index (χ3v) is 12.1. The van der Waals surface area contributed by atoms with Crippen LogP contribution in [0.25, 0.3) is 90.9 Å². The second kappa shape index (κ2) is 24.8. The van der Waals surface area contributed by atoms with E-state index >= 15 is 0 Å². The molecule has 0 fully saturated rings. The van der Waals surface area contributed by atoms with Crippen LogP contribution < -0.4 is 0 Å². The van der Waals surface area contributed by atoms with E-state index in [9.17, 15) is 20.4 Å². The molecule has 0 aliphatic carbocycles. The zero-order valence-electron chi connectivity index (χ0n) is 40.0. The van der Waals surface area contributed by atoms with Gasteiger partial charge in [-0.15, -0.1) is 0 Å². The lowest BCUT2D eigenvalue weighted by molar-refractivity contribution is 0.0940. The van der Waals surface area contributed by atoms with Gasteiger partial charge in [0, 0.05) is 118 Å². The van der Waals surface area contributed by atoms with Gasteiger partial charge in [-0.3, -0.25) is 19.9 Å². The van der Waals surface area contributed by atoms with Gasteiger partial charge < -0.3 is 49.3 Å². The molecule has 6 N–H and O–H groups in total. The topological polar surface area (TPSA) is 227 Å². The van der Waals surface area contributed by atoms with Crippen LogP contribution in [0.15, 0.2) is 97.6 Å². The van der Waals surface area contributed by atoms with Crippen LogP contribution in [-0.4, -0.2) is 140 Å². The number of pyridine rings is 4. The van der Waals surface area contributed by atoms with Crippen molar-refractivity contribution < 1.29 is 39.4 Å². The highest BCUT2D eigenvalue weighted by molar-refractivity contribution is 5.99. The molecule has 8 bridgehead atoms. The molecule has 9 rings (SSSR count). The van der Waals surface area contributed by atoms with E-state index in [0.29, 0.717) is 52.1 Å². The van der Waals surface area contributed by atoms with Crippen LogP contribution in [0.2, 0.25) is 0 Å². The molecule has 16 heteroatoms. The van der Waals surface area contributed by atoms with Crippen molar-refractivity contribution in [3.8, 4) is 44.5 Å². The second-order valence-corrected chi connectivity index (χ2v) is 17.0. The molecule has 7 aromatic heterocycles. The molecule has 0 spiro atoms. The van der Waals surface area contributed by atoms with Gasteiger partial charge in [-0.05, 0) is 119 Å². The molecule has 7 aromatic rings. The molecule has 0 unspecified atom stereocenters. The van der Waals surface area contributed by atoms with Crippen molar-refractivity contribution in [3.05, 3.63) is 143 Å². The zero-order chi connectivity index (χ0) is 49.5. The summed E-state index contributed by atoms with van der Waals surface area (Å²) in [5.74, 6) is 0. The van der Waals surface area contributed by atoms with Gasteiger partial charge in [0.05, 0.1) is 102 Å². The van der Waals surface area contributed by atoms with E-state index in [1.54, 1.807) is 24.8 Å². The molecule has 9 heterocycles. The highest BCUT2D eigenvalue weighted by Gasteiger charge is 2.20. The summed E-state index contributed by atoms with van der Waals surface area (Å²) < 4.78 is 22.5. The standard InChI is InChI=1S/C56H58N8O8/c65-21-29-69-25-13-41-33-37(9-17-57-41)53-45-1-2-46(61-45)54(38-10-18-58-42(34-38)14-26-70-30-22-66)48-5-6-50(63-48)56(40-12-20-60-44(36-40)16-28-72-32-24-68)52-8-7-51(64-52)55(49-4-3-47(53)62-49)39-11-19-59-43(35-39)15-27-71-31-23-67/h1-12,17-20,33-36,61,64-68H,13-16,21-32H2. The van der Waals surface area contributed by atoms with Crippen LogP contribution >= 0.6 is 0 Å². The average molecular weight is 971 g/mol. The lowest BCUT2D eigenvalue weighted by Crippen LogP contribution is -2.04. The molecule has 0 amide bonds. The first kappa shape index (κ1) is 49.8. The van der Waals surface area contributed by atoms with Gasteiger partial charge in [0.2, 0.25) is 0 Å². The Bertz CT molecular complexity index is 2790. The summed E-state index contributed by atoms with van der Waals surface area (Å²) in [5, 5.41) is 37.3. The summed E-state index contributed by atoms with van der Waals surface area (Å²) in [6.45, 7) is 2.43. The van der Waals surface area contributed by atoms with Crippen molar-refractivity contribution in [2.75, 3.05) is 79.3 Å². The maximum atomic E-state index is 9.33. The summed E-state index contributed by atoms with van der Waals surface area (Å²) in [6, 6.07) is 24.5. The Morgan fingerprint density at radius 1 is 0.333 bits per heavy atom. The van der Waals surface area contributed by atoms with Gasteiger partial charge in [-0.1, -0.05) is 0 Å². The smallest absolute Gasteiger partial charge is 0.0737 e. The van der Waals surface area contributed by atoms with Gasteiger partial charge in [-0.25, -0.2) is 9.97 Å². The molecule has 16 nitrogen and oxygen atoms in total. The van der Waals surface area contributed by atoms with Gasteiger partial charge in [0.15, 0.2) is 0 Å². The van der Waals surface area contributed by atoms with Crippen LogP contribution in [-0.2, 0) is 44.6 Å². The molecule has 0 saturated carbocycles. The number of nitrogens with one attached hydrogen (secondary N) is 2. The Hall–Kier alpha value is -7.12. The molecule has 2 aliphatic heterocycles. The van der Waals surface area contributed by atoms with Crippen molar-refractivity contribution in [2.45, 2.75) is 25.7 Å². The number of nitrogens with zero attached hydrogens (tertiary/aromatic N) is 6. The summed E-state index contributed by atoms with van der Waals surface area (Å²) in [7, 11) is 0. The highest BCUT2D eigenvalue weighted by atomic mass is 16.5. The van der Waals surface area contributed by atoms with E-state index in [0.717, 1.165) is 112 Å². The first-order valence-electron chi connectivity index (χ1n) is 24.3. The second-order valence-electron chi connectivity index (χ2n) is 17.0. The number of aromatic amines is 2. The van der Waals surface area contributed by atoms with Crippen LogP contribution in [0.4, 0.5) is 0 Å². The third kappa shape index (κ3) is 12.1. The first-order valence-corrected chi connectivity index (χ1v) is 24.3. The molecule has 0 radical (unpaired) electrons. The molecule has 72 heavy (non-hydrogen) atoms. The summed E-state index contributed by atoms with van der Waals surface area (Å²) in [6.07, 6.45) is 17.6. The van der Waals surface area contributed by atoms with Crippen molar-refractivity contribution in [3.63, 3.8) is 0 Å². The number of hydrogen-bond donors (Lipinski definition) is 6. The molecule has 0 aromatic carbocycles. The van der Waals surface area contributed by atoms with E-state index in [-0.39, 0.29) is 52.9 Å². The monoisotopic (exact) mass is 970 g/mol. The summed E-state index contributed by atoms with van der Waals surface area (Å²) >= 11 is 0. The first-order chi connectivity index (χ1) is 35.5. The van der Waals surface area contributed by atoms with E-state index < -0.39 is 0 Å². The van der Waals surface area contributed by atoms with Crippen LogP contribution in [0.3, 0.4) is 0 Å². The number of fused-ring (bicyclic) bond motifs is 8. The molecule has 0 atom stereocenters. The van der Waals surface area contributed by atoms with Crippen molar-refractivity contribution in [1.29, 1.82) is 0 Å². The quantitative estimate of drug-likeness (QED) is 0.0332. The van der Waals surface area contributed by atoms with E-state index in [1.165, 1.54) is 0 Å². The van der Waals surface area contributed by atoms with Gasteiger partial charge in [0.1, 0.15) is 0 Å². The fourth-order valence-corrected chi connectivity index (χ4v) is 8.88. The van der Waals surface area contributed by atoms with E-state index in [2.05, 4.69) is 78.4 Å². The number of aromatic nitrogens is 8. The predicted octanol–water partition coefficient (Wildman–Crippen LogP) is 7.11. The maximum absolute atomic E-state index is 9.33. The molecular weight excluding hydrogens is 913 g/mol. The van der Waals surface area contributed by atoms with Crippen LogP contribution in [0, 0.1) is 0 Å². The normalized spacial score (nSPS) is 12.1. The number of ether oxygens (including phenoxy) is 4. The number of aliphatic hydroxyl groups is 4. The van der Waals surface area contributed by atoms with Gasteiger partial charge in [0.25, 0.3) is 0 Å². The SMILES string of the molecule is OCCOCCc1cc(-c2c3nc(c(-c4ccnc(CCOCCO)c4)c4ccc([nH]4)c(-c4ccnc(CCOCCO)c4)c4nc(c(-c5ccnc(CCOCCO)c5)c5ccc2[nH]5)C=C4)C=C3)ccn1. The van der Waals surface area contributed by atoms with Gasteiger partial charge >= 0.3 is 0 Å². The zero-order valence-corrected chi connectivity index (χ0v) is 40.0. The number of H-pyrrole nitrogens is 2. The molecular formula is C56H58N8O8.